The second kappa shape index (κ2) is 4.34. The molecule has 1 N–H and O–H groups in total. The average molecular weight is 277 g/mol. The van der Waals surface area contributed by atoms with Gasteiger partial charge >= 0.3 is 6.09 Å². The van der Waals surface area contributed by atoms with Gasteiger partial charge in [-0.2, -0.15) is 0 Å². The molecule has 20 heavy (non-hydrogen) atoms. The number of rotatable bonds is 0. The van der Waals surface area contributed by atoms with Gasteiger partial charge < -0.3 is 5.11 Å². The second-order valence-electron chi connectivity index (χ2n) is 7.51. The van der Waals surface area contributed by atoms with Crippen LogP contribution in [0.5, 0.6) is 0 Å². The minimum atomic E-state index is -1.08. The predicted octanol–water partition coefficient (Wildman–Crippen LogP) is 3.28. The number of imide groups is 1. The van der Waals surface area contributed by atoms with Crippen LogP contribution in [-0.2, 0) is 4.79 Å². The third-order valence-electron chi connectivity index (χ3n) is 5.26. The maximum Gasteiger partial charge on any atom is 0.414 e. The number of carboxylic acid groups (broad SMARTS) is 1. The number of carbonyl (C=O) groups is 2. The zero-order valence-electron chi connectivity index (χ0n) is 12.4. The van der Waals surface area contributed by atoms with Gasteiger partial charge in [0.2, 0.25) is 5.91 Å². The first kappa shape index (κ1) is 13.7. The molecule has 0 bridgehead atoms. The van der Waals surface area contributed by atoms with E-state index in [0.717, 1.165) is 24.2 Å². The fourth-order valence-corrected chi connectivity index (χ4v) is 4.64. The van der Waals surface area contributed by atoms with Crippen molar-refractivity contribution in [3.8, 4) is 0 Å². The molecule has 2 fully saturated rings. The van der Waals surface area contributed by atoms with Gasteiger partial charge in [-0.25, -0.2) is 9.69 Å². The number of nitrogens with zero attached hydrogens (tertiary/aromatic N) is 1. The first-order valence-corrected chi connectivity index (χ1v) is 7.58. The Labute approximate surface area is 119 Å². The summed E-state index contributed by atoms with van der Waals surface area (Å²) in [7, 11) is 0. The summed E-state index contributed by atoms with van der Waals surface area (Å²) < 4.78 is 0. The van der Waals surface area contributed by atoms with Crippen molar-refractivity contribution in [3.63, 3.8) is 0 Å². The highest BCUT2D eigenvalue weighted by atomic mass is 16.4. The monoisotopic (exact) mass is 277 g/mol. The van der Waals surface area contributed by atoms with Crippen LogP contribution in [0.3, 0.4) is 0 Å². The van der Waals surface area contributed by atoms with Crippen LogP contribution in [-0.4, -0.2) is 28.0 Å². The van der Waals surface area contributed by atoms with Crippen molar-refractivity contribution >= 4 is 12.0 Å². The molecule has 4 nitrogen and oxygen atoms in total. The van der Waals surface area contributed by atoms with Gasteiger partial charge in [-0.3, -0.25) is 4.79 Å². The molecule has 0 aromatic carbocycles. The third kappa shape index (κ3) is 1.80. The fourth-order valence-electron chi connectivity index (χ4n) is 4.64. The zero-order valence-corrected chi connectivity index (χ0v) is 12.4. The van der Waals surface area contributed by atoms with Gasteiger partial charge in [-0.1, -0.05) is 26.8 Å². The molecule has 0 radical (unpaired) electrons. The smallest absolute Gasteiger partial charge is 0.414 e. The summed E-state index contributed by atoms with van der Waals surface area (Å²) in [5.41, 5.74) is 1.04. The maximum atomic E-state index is 12.6. The van der Waals surface area contributed by atoms with Crippen molar-refractivity contribution in [2.24, 2.45) is 23.2 Å². The Morgan fingerprint density at radius 1 is 1.40 bits per heavy atom. The molecule has 3 aliphatic rings. The van der Waals surface area contributed by atoms with Gasteiger partial charge in [0.15, 0.2) is 0 Å². The summed E-state index contributed by atoms with van der Waals surface area (Å²) in [5.74, 6) is 0.312. The SMILES string of the molecule is CC(C)(C)C1C(=O)N(C(=O)O)C2C3=CCCCC3CC21. The third-order valence-corrected chi connectivity index (χ3v) is 5.26. The lowest BCUT2D eigenvalue weighted by atomic mass is 9.73. The number of fused-ring (bicyclic) bond motifs is 3. The molecule has 4 atom stereocenters. The van der Waals surface area contributed by atoms with Gasteiger partial charge in [-0.05, 0) is 48.5 Å². The van der Waals surface area contributed by atoms with E-state index in [2.05, 4.69) is 6.08 Å². The molecule has 4 unspecified atom stereocenters. The van der Waals surface area contributed by atoms with Crippen LogP contribution in [0.4, 0.5) is 4.79 Å². The summed E-state index contributed by atoms with van der Waals surface area (Å²) in [6.07, 6.45) is 5.47. The highest BCUT2D eigenvalue weighted by Gasteiger charge is 2.59. The molecule has 1 saturated carbocycles. The second-order valence-corrected chi connectivity index (χ2v) is 7.51. The van der Waals surface area contributed by atoms with Gasteiger partial charge in [-0.15, -0.1) is 0 Å². The molecular weight excluding hydrogens is 254 g/mol. The summed E-state index contributed by atoms with van der Waals surface area (Å²) in [6, 6.07) is -0.186. The number of hydrogen-bond acceptors (Lipinski definition) is 2. The van der Waals surface area contributed by atoms with Crippen LogP contribution in [0.1, 0.15) is 46.5 Å². The molecule has 1 aliphatic heterocycles. The van der Waals surface area contributed by atoms with Crippen molar-refractivity contribution in [1.82, 2.24) is 4.90 Å². The van der Waals surface area contributed by atoms with E-state index in [-0.39, 0.29) is 29.2 Å². The Kier molecular flexibility index (Phi) is 2.96. The molecule has 4 heteroatoms. The van der Waals surface area contributed by atoms with Crippen LogP contribution >= 0.6 is 0 Å². The topological polar surface area (TPSA) is 57.6 Å². The number of allylic oxidation sites excluding steroid dienone is 1. The van der Waals surface area contributed by atoms with Gasteiger partial charge in [0.25, 0.3) is 0 Å². The maximum absolute atomic E-state index is 12.6. The van der Waals surface area contributed by atoms with Gasteiger partial charge in [0.1, 0.15) is 0 Å². The normalized spacial score (nSPS) is 36.6. The minimum Gasteiger partial charge on any atom is -0.465 e. The van der Waals surface area contributed by atoms with Crippen molar-refractivity contribution < 1.29 is 14.7 Å². The van der Waals surface area contributed by atoms with Crippen LogP contribution in [0.15, 0.2) is 11.6 Å². The molecule has 2 aliphatic carbocycles. The molecule has 2 amide bonds. The molecule has 0 aromatic heterocycles. The lowest BCUT2D eigenvalue weighted by Crippen LogP contribution is -2.41. The molecule has 110 valence electrons. The van der Waals surface area contributed by atoms with Crippen molar-refractivity contribution in [2.45, 2.75) is 52.5 Å². The number of amides is 2. The van der Waals surface area contributed by atoms with Crippen molar-refractivity contribution in [3.05, 3.63) is 11.6 Å². The standard InChI is InChI=1S/C16H23NO3/c1-16(2,3)12-11-8-9-6-4-5-7-10(9)13(11)17(14(12)18)15(19)20/h7,9,11-13H,4-6,8H2,1-3H3,(H,19,20). The van der Waals surface area contributed by atoms with E-state index < -0.39 is 6.09 Å². The van der Waals surface area contributed by atoms with Crippen molar-refractivity contribution in [1.29, 1.82) is 0 Å². The molecule has 1 saturated heterocycles. The largest absolute Gasteiger partial charge is 0.465 e. The zero-order chi connectivity index (χ0) is 14.7. The molecule has 0 aromatic rings. The summed E-state index contributed by atoms with van der Waals surface area (Å²) in [4.78, 5) is 25.3. The van der Waals surface area contributed by atoms with E-state index in [4.69, 9.17) is 0 Å². The molecular formula is C16H23NO3. The number of likely N-dealkylation sites (tertiary alicyclic amines) is 1. The van der Waals surface area contributed by atoms with Gasteiger partial charge in [0.05, 0.1) is 6.04 Å². The quantitative estimate of drug-likeness (QED) is 0.691. The lowest BCUT2D eigenvalue weighted by Gasteiger charge is -2.29. The van der Waals surface area contributed by atoms with E-state index in [1.807, 2.05) is 20.8 Å². The van der Waals surface area contributed by atoms with E-state index in [0.29, 0.717) is 5.92 Å². The highest BCUT2D eigenvalue weighted by Crippen LogP contribution is 2.55. The Balaban J connectivity index is 2.05. The van der Waals surface area contributed by atoms with Crippen molar-refractivity contribution in [2.75, 3.05) is 0 Å². The predicted molar refractivity (Wildman–Crippen MR) is 75.1 cm³/mol. The van der Waals surface area contributed by atoms with E-state index in [9.17, 15) is 14.7 Å². The van der Waals surface area contributed by atoms with E-state index in [1.165, 1.54) is 12.0 Å². The average Bonchev–Trinajstić information content (AvgIpc) is 2.80. The van der Waals surface area contributed by atoms with Crippen LogP contribution in [0.2, 0.25) is 0 Å². The Morgan fingerprint density at radius 2 is 2.10 bits per heavy atom. The van der Waals surface area contributed by atoms with Crippen LogP contribution in [0.25, 0.3) is 0 Å². The van der Waals surface area contributed by atoms with Gasteiger partial charge in [0, 0.05) is 5.92 Å². The van der Waals surface area contributed by atoms with E-state index in [1.54, 1.807) is 0 Å². The van der Waals surface area contributed by atoms with E-state index >= 15 is 0 Å². The number of carbonyl (C=O) groups excluding carboxylic acids is 1. The summed E-state index contributed by atoms with van der Waals surface area (Å²) in [5, 5.41) is 9.48. The Hall–Kier alpha value is -1.32. The first-order valence-electron chi connectivity index (χ1n) is 7.58. The number of hydrogen-bond donors (Lipinski definition) is 1. The summed E-state index contributed by atoms with van der Waals surface area (Å²) in [6.45, 7) is 6.15. The van der Waals surface area contributed by atoms with Crippen LogP contribution < -0.4 is 0 Å². The summed E-state index contributed by atoms with van der Waals surface area (Å²) >= 11 is 0. The fraction of sp³-hybridized carbons (Fsp3) is 0.750. The first-order chi connectivity index (χ1) is 9.32. The molecule has 0 spiro atoms. The van der Waals surface area contributed by atoms with Crippen LogP contribution in [0, 0.1) is 23.2 Å². The Morgan fingerprint density at radius 3 is 2.70 bits per heavy atom. The highest BCUT2D eigenvalue weighted by molar-refractivity contribution is 5.96. The molecule has 3 rings (SSSR count). The Bertz CT molecular complexity index is 488. The lowest BCUT2D eigenvalue weighted by molar-refractivity contribution is -0.133. The minimum absolute atomic E-state index is 0.171. The molecule has 1 heterocycles.